The number of Topliss-reactive ketones (excluding diaryl/α,β-unsaturated/α-hetero) is 1. The highest BCUT2D eigenvalue weighted by molar-refractivity contribution is 7.99. The average molecular weight is 678 g/mol. The Morgan fingerprint density at radius 2 is 2.02 bits per heavy atom. The summed E-state index contributed by atoms with van der Waals surface area (Å²) in [6, 6.07) is 13.5. The lowest BCUT2D eigenvalue weighted by molar-refractivity contribution is -0.123. The van der Waals surface area contributed by atoms with Crippen LogP contribution in [0.1, 0.15) is 79.8 Å². The fraction of sp³-hybridized carbons (Fsp3) is 0.514. The van der Waals surface area contributed by atoms with E-state index in [-0.39, 0.29) is 40.7 Å². The number of methoxy groups -OCH3 is 1. The second-order valence-electron chi connectivity index (χ2n) is 13.3. The van der Waals surface area contributed by atoms with E-state index >= 15 is 0 Å². The van der Waals surface area contributed by atoms with Crippen LogP contribution in [0.25, 0.3) is 0 Å². The van der Waals surface area contributed by atoms with Crippen LogP contribution in [0.15, 0.2) is 60.0 Å². The number of hydrogen-bond donors (Lipinski definition) is 1. The third-order valence-electron chi connectivity index (χ3n) is 10.3. The van der Waals surface area contributed by atoms with Crippen molar-refractivity contribution >= 4 is 40.8 Å². The van der Waals surface area contributed by atoms with Crippen molar-refractivity contribution in [3.63, 3.8) is 0 Å². The van der Waals surface area contributed by atoms with Gasteiger partial charge in [0, 0.05) is 54.0 Å². The van der Waals surface area contributed by atoms with E-state index in [0.717, 1.165) is 73.1 Å². The molecule has 2 aliphatic carbocycles. The van der Waals surface area contributed by atoms with Gasteiger partial charge in [-0.3, -0.25) is 4.79 Å². The monoisotopic (exact) mass is 677 g/mol. The molecule has 10 heteroatoms. The number of thioether (sulfide) groups is 1. The minimum absolute atomic E-state index is 0.0397. The molecule has 1 fully saturated rings. The molecule has 1 saturated carbocycles. The van der Waals surface area contributed by atoms with Crippen molar-refractivity contribution in [2.45, 2.75) is 86.6 Å². The topological polar surface area (TPSA) is 102 Å². The molecule has 1 aliphatic heterocycles. The molecule has 2 aromatic carbocycles. The molecule has 0 amide bonds. The first-order valence-corrected chi connectivity index (χ1v) is 18.1. The maximum absolute atomic E-state index is 13.1. The van der Waals surface area contributed by atoms with Gasteiger partial charge < -0.3 is 19.5 Å². The summed E-state index contributed by atoms with van der Waals surface area (Å²) >= 11 is 8.02. The van der Waals surface area contributed by atoms with E-state index in [1.54, 1.807) is 36.3 Å². The summed E-state index contributed by atoms with van der Waals surface area (Å²) in [7, 11) is 1.39. The number of carbonyl (C=O) groups is 2. The molecule has 3 aliphatic rings. The molecule has 0 saturated heterocycles. The fourth-order valence-electron chi connectivity index (χ4n) is 7.62. The number of rotatable bonds is 12. The number of hydrogen-bond acceptors (Lipinski definition) is 9. The normalized spacial score (nSPS) is 23.0. The predicted molar refractivity (Wildman–Crippen MR) is 185 cm³/mol. The Morgan fingerprint density at radius 1 is 1.19 bits per heavy atom. The Morgan fingerprint density at radius 3 is 2.77 bits per heavy atom. The van der Waals surface area contributed by atoms with Crippen LogP contribution in [0, 0.1) is 11.8 Å². The minimum atomic E-state index is -0.679. The average Bonchev–Trinajstić information content (AvgIpc) is 3.21. The van der Waals surface area contributed by atoms with E-state index in [1.165, 1.54) is 18.2 Å². The van der Waals surface area contributed by atoms with Crippen molar-refractivity contribution in [2.24, 2.45) is 11.8 Å². The fourth-order valence-corrected chi connectivity index (χ4v) is 8.76. The summed E-state index contributed by atoms with van der Waals surface area (Å²) in [6.45, 7) is 4.07. The highest BCUT2D eigenvalue weighted by Crippen LogP contribution is 2.47. The number of carbonyl (C=O) groups excluding carboxylic acids is 2. The number of esters is 1. The summed E-state index contributed by atoms with van der Waals surface area (Å²) in [4.78, 5) is 36.6. The highest BCUT2D eigenvalue weighted by atomic mass is 35.5. The molecule has 2 heterocycles. The maximum Gasteiger partial charge on any atom is 0.337 e. The zero-order chi connectivity index (χ0) is 33.0. The summed E-state index contributed by atoms with van der Waals surface area (Å²) in [5.74, 6) is 0.706. The van der Waals surface area contributed by atoms with Crippen molar-refractivity contribution in [3.8, 4) is 5.75 Å². The van der Waals surface area contributed by atoms with E-state index in [9.17, 15) is 14.7 Å². The number of ketones is 1. The van der Waals surface area contributed by atoms with Gasteiger partial charge in [0.2, 0.25) is 0 Å². The molecule has 0 radical (unpaired) electrons. The molecular weight excluding hydrogens is 634 g/mol. The molecule has 6 rings (SSSR count). The molecule has 5 atom stereocenters. The molecule has 3 aromatic rings. The Balaban J connectivity index is 1.16. The van der Waals surface area contributed by atoms with Crippen molar-refractivity contribution in [1.29, 1.82) is 0 Å². The van der Waals surface area contributed by atoms with Gasteiger partial charge in [0.15, 0.2) is 5.16 Å². The number of ether oxygens (including phenoxy) is 2. The zero-order valence-corrected chi connectivity index (χ0v) is 28.8. The van der Waals surface area contributed by atoms with Gasteiger partial charge in [-0.05, 0) is 104 Å². The lowest BCUT2D eigenvalue weighted by Crippen LogP contribution is -2.49. The molecular formula is C37H44ClN3O5S. The highest BCUT2D eigenvalue weighted by Gasteiger charge is 2.44. The van der Waals surface area contributed by atoms with Gasteiger partial charge in [0.1, 0.15) is 11.5 Å². The summed E-state index contributed by atoms with van der Waals surface area (Å²) in [6.07, 6.45) is 9.93. The largest absolute Gasteiger partial charge is 0.490 e. The SMILES string of the molecule is CC[C@H](CCC(=O)C[C@@H](O)[C@@H]1CC[C@H]1CN1CC2(CCCc3cc(Cl)ccc32)COc2ccc(C(=O)OC)cc21)Sc1ncccn1. The van der Waals surface area contributed by atoms with Crippen LogP contribution in [0.5, 0.6) is 5.75 Å². The zero-order valence-electron chi connectivity index (χ0n) is 27.2. The van der Waals surface area contributed by atoms with Crippen LogP contribution in [0.4, 0.5) is 5.69 Å². The van der Waals surface area contributed by atoms with E-state index in [4.69, 9.17) is 21.1 Å². The number of aryl methyl sites for hydroxylation is 1. The van der Waals surface area contributed by atoms with E-state index in [0.29, 0.717) is 25.1 Å². The Kier molecular flexibility index (Phi) is 10.7. The summed E-state index contributed by atoms with van der Waals surface area (Å²) in [5, 5.41) is 13.1. The quantitative estimate of drug-likeness (QED) is 0.122. The number of aliphatic hydroxyl groups is 1. The Bertz CT molecular complexity index is 1570. The first-order chi connectivity index (χ1) is 22.8. The predicted octanol–water partition coefficient (Wildman–Crippen LogP) is 7.09. The van der Waals surface area contributed by atoms with Gasteiger partial charge >= 0.3 is 5.97 Å². The van der Waals surface area contributed by atoms with E-state index in [1.807, 2.05) is 18.2 Å². The summed E-state index contributed by atoms with van der Waals surface area (Å²) in [5.41, 5.74) is 3.65. The third-order valence-corrected chi connectivity index (χ3v) is 11.9. The smallest absolute Gasteiger partial charge is 0.337 e. The lowest BCUT2D eigenvalue weighted by atomic mass is 9.68. The molecule has 250 valence electrons. The Hall–Kier alpha value is -3.14. The van der Waals surface area contributed by atoms with E-state index < -0.39 is 6.10 Å². The molecule has 0 bridgehead atoms. The first kappa shape index (κ1) is 33.7. The molecule has 1 unspecified atom stereocenters. The van der Waals surface area contributed by atoms with Crippen LogP contribution in [-0.4, -0.2) is 65.0 Å². The lowest BCUT2D eigenvalue weighted by Gasteiger charge is -2.45. The number of aliphatic hydroxyl groups excluding tert-OH is 1. The number of benzene rings is 2. The van der Waals surface area contributed by atoms with Gasteiger partial charge in [0.25, 0.3) is 0 Å². The first-order valence-electron chi connectivity index (χ1n) is 16.8. The second kappa shape index (κ2) is 15.0. The van der Waals surface area contributed by atoms with Crippen molar-refractivity contribution in [3.05, 3.63) is 76.6 Å². The minimum Gasteiger partial charge on any atom is -0.490 e. The number of nitrogens with zero attached hydrogens (tertiary/aromatic N) is 3. The number of anilines is 1. The van der Waals surface area contributed by atoms with Crippen LogP contribution in [0.3, 0.4) is 0 Å². The number of aromatic nitrogens is 2. The van der Waals surface area contributed by atoms with Crippen molar-refractivity contribution in [2.75, 3.05) is 31.7 Å². The standard InChI is InChI=1S/C37H44ClN3O5S/c1-3-29(47-36-39-16-5-17-40-36)11-10-28(42)20-33(43)30-12-7-26(30)21-41-22-37(15-4-6-24-18-27(38)9-13-31(24)37)23-46-34-14-8-25(19-32(34)41)35(44)45-2/h5,8-9,13-14,16-19,26,29-30,33,43H,3-4,6-7,10-12,15,20-23H2,1-2H3/t26-,29+,30+,33+,37?/m0/s1. The van der Waals surface area contributed by atoms with Crippen molar-refractivity contribution < 1.29 is 24.2 Å². The van der Waals surface area contributed by atoms with Crippen LogP contribution >= 0.6 is 23.4 Å². The van der Waals surface area contributed by atoms with Crippen molar-refractivity contribution in [1.82, 2.24) is 9.97 Å². The number of halogens is 1. The van der Waals surface area contributed by atoms with Crippen LogP contribution < -0.4 is 9.64 Å². The molecule has 8 nitrogen and oxygen atoms in total. The van der Waals surface area contributed by atoms with Gasteiger partial charge in [0.05, 0.1) is 31.1 Å². The van der Waals surface area contributed by atoms with Gasteiger partial charge in [-0.2, -0.15) is 0 Å². The molecule has 1 aromatic heterocycles. The third kappa shape index (κ3) is 7.63. The summed E-state index contributed by atoms with van der Waals surface area (Å²) < 4.78 is 11.6. The Labute approximate surface area is 286 Å². The van der Waals surface area contributed by atoms with Crippen LogP contribution in [0.2, 0.25) is 5.02 Å². The second-order valence-corrected chi connectivity index (χ2v) is 15.0. The van der Waals surface area contributed by atoms with Gasteiger partial charge in [-0.25, -0.2) is 14.8 Å². The maximum atomic E-state index is 13.1. The molecule has 47 heavy (non-hydrogen) atoms. The molecule has 1 spiro atoms. The van der Waals surface area contributed by atoms with Gasteiger partial charge in [-0.1, -0.05) is 36.4 Å². The van der Waals surface area contributed by atoms with Crippen LogP contribution in [-0.2, 0) is 21.4 Å². The number of fused-ring (bicyclic) bond motifs is 3. The molecule has 1 N–H and O–H groups in total. The van der Waals surface area contributed by atoms with E-state index in [2.05, 4.69) is 33.9 Å². The van der Waals surface area contributed by atoms with Gasteiger partial charge in [-0.15, -0.1) is 0 Å².